The van der Waals surface area contributed by atoms with Crippen LogP contribution >= 0.6 is 0 Å². The molecule has 0 aromatic carbocycles. The summed E-state index contributed by atoms with van der Waals surface area (Å²) in [6.07, 6.45) is 6.13. The molecule has 0 bridgehead atoms. The van der Waals surface area contributed by atoms with Crippen LogP contribution < -0.4 is 5.32 Å². The number of H-pyrrole nitrogens is 1. The van der Waals surface area contributed by atoms with Crippen molar-refractivity contribution in [2.24, 2.45) is 0 Å². The fourth-order valence-electron chi connectivity index (χ4n) is 0.761. The largest absolute Gasteiger partial charge is 0.395 e. The summed E-state index contributed by atoms with van der Waals surface area (Å²) in [7, 11) is 0. The predicted octanol–water partition coefficient (Wildman–Crippen LogP) is -0.469. The highest BCUT2D eigenvalue weighted by atomic mass is 16.3. The number of hydrogen-bond donors (Lipinski definition) is 3. The second-order valence-electron chi connectivity index (χ2n) is 2.35. The summed E-state index contributed by atoms with van der Waals surface area (Å²) in [5, 5.41) is 10.9. The summed E-state index contributed by atoms with van der Waals surface area (Å²) in [5.74, 6) is -0.233. The lowest BCUT2D eigenvalue weighted by Crippen LogP contribution is -2.24. The molecular formula is C8H11N3O2. The van der Waals surface area contributed by atoms with Crippen molar-refractivity contribution in [3.05, 3.63) is 24.3 Å². The van der Waals surface area contributed by atoms with Crippen molar-refractivity contribution in [1.82, 2.24) is 15.3 Å². The molecule has 3 N–H and O–H groups in total. The number of aromatic nitrogens is 2. The van der Waals surface area contributed by atoms with E-state index in [-0.39, 0.29) is 19.1 Å². The molecule has 1 heterocycles. The molecule has 1 rings (SSSR count). The molecule has 1 aromatic rings. The highest BCUT2D eigenvalue weighted by Crippen LogP contribution is 1.93. The van der Waals surface area contributed by atoms with Crippen LogP contribution in [-0.2, 0) is 4.79 Å². The van der Waals surface area contributed by atoms with Crippen molar-refractivity contribution in [1.29, 1.82) is 0 Å². The van der Waals surface area contributed by atoms with Crippen LogP contribution in [0.5, 0.6) is 0 Å². The number of imidazole rings is 1. The van der Waals surface area contributed by atoms with Gasteiger partial charge < -0.3 is 15.4 Å². The van der Waals surface area contributed by atoms with E-state index in [0.29, 0.717) is 0 Å². The summed E-state index contributed by atoms with van der Waals surface area (Å²) < 4.78 is 0. The number of nitrogens with one attached hydrogen (secondary N) is 2. The molecule has 0 fully saturated rings. The van der Waals surface area contributed by atoms with Gasteiger partial charge in [0.05, 0.1) is 24.8 Å². The quantitative estimate of drug-likeness (QED) is 0.549. The molecule has 0 aliphatic rings. The van der Waals surface area contributed by atoms with E-state index >= 15 is 0 Å². The molecule has 0 saturated carbocycles. The first-order chi connectivity index (χ1) is 6.33. The molecule has 0 spiro atoms. The number of carbonyl (C=O) groups excluding carboxylic acids is 1. The topological polar surface area (TPSA) is 78.0 Å². The zero-order valence-corrected chi connectivity index (χ0v) is 7.03. The van der Waals surface area contributed by atoms with E-state index in [1.165, 1.54) is 12.4 Å². The van der Waals surface area contributed by atoms with E-state index in [9.17, 15) is 4.79 Å². The van der Waals surface area contributed by atoms with Crippen molar-refractivity contribution in [2.75, 3.05) is 13.2 Å². The third-order valence-corrected chi connectivity index (χ3v) is 1.34. The lowest BCUT2D eigenvalue weighted by atomic mass is 10.4. The normalized spacial score (nSPS) is 10.5. The van der Waals surface area contributed by atoms with Gasteiger partial charge in [0.15, 0.2) is 0 Å². The van der Waals surface area contributed by atoms with Gasteiger partial charge in [-0.1, -0.05) is 0 Å². The second-order valence-corrected chi connectivity index (χ2v) is 2.35. The third-order valence-electron chi connectivity index (χ3n) is 1.34. The fraction of sp³-hybridized carbons (Fsp3) is 0.250. The van der Waals surface area contributed by atoms with Gasteiger partial charge in [0.25, 0.3) is 0 Å². The van der Waals surface area contributed by atoms with Crippen LogP contribution in [0.4, 0.5) is 0 Å². The summed E-state index contributed by atoms with van der Waals surface area (Å²) in [4.78, 5) is 17.6. The Hall–Kier alpha value is -1.62. The Morgan fingerprint density at radius 1 is 1.77 bits per heavy atom. The third kappa shape index (κ3) is 3.53. The molecule has 0 atom stereocenters. The lowest BCUT2D eigenvalue weighted by Gasteiger charge is -1.95. The van der Waals surface area contributed by atoms with E-state index in [1.807, 2.05) is 0 Å². The average Bonchev–Trinajstić information content (AvgIpc) is 2.64. The number of rotatable bonds is 4. The smallest absolute Gasteiger partial charge is 0.244 e. The molecule has 5 nitrogen and oxygen atoms in total. The number of aromatic amines is 1. The van der Waals surface area contributed by atoms with Crippen molar-refractivity contribution < 1.29 is 9.90 Å². The Balaban J connectivity index is 2.35. The Labute approximate surface area is 75.5 Å². The summed E-state index contributed by atoms with van der Waals surface area (Å²) in [6, 6.07) is 0. The number of carbonyl (C=O) groups is 1. The highest BCUT2D eigenvalue weighted by Gasteiger charge is 1.92. The van der Waals surface area contributed by atoms with Crippen molar-refractivity contribution in [2.45, 2.75) is 0 Å². The van der Waals surface area contributed by atoms with Crippen LogP contribution in [0.15, 0.2) is 18.6 Å². The minimum atomic E-state index is -0.233. The van der Waals surface area contributed by atoms with Gasteiger partial charge in [0, 0.05) is 12.6 Å². The molecule has 0 saturated heterocycles. The van der Waals surface area contributed by atoms with Crippen LogP contribution in [0.2, 0.25) is 0 Å². The molecule has 13 heavy (non-hydrogen) atoms. The number of aliphatic hydroxyl groups is 1. The maximum atomic E-state index is 11.0. The second kappa shape index (κ2) is 5.10. The Kier molecular flexibility index (Phi) is 3.72. The van der Waals surface area contributed by atoms with E-state index in [1.54, 1.807) is 12.3 Å². The molecule has 0 aliphatic carbocycles. The SMILES string of the molecule is O=C(C=Cc1cnc[nH]1)NCCO. The van der Waals surface area contributed by atoms with Gasteiger partial charge in [0.1, 0.15) is 0 Å². The average molecular weight is 181 g/mol. The minimum Gasteiger partial charge on any atom is -0.395 e. The van der Waals surface area contributed by atoms with Gasteiger partial charge in [0.2, 0.25) is 5.91 Å². The Morgan fingerprint density at radius 3 is 3.23 bits per heavy atom. The monoisotopic (exact) mass is 181 g/mol. The van der Waals surface area contributed by atoms with E-state index < -0.39 is 0 Å². The lowest BCUT2D eigenvalue weighted by molar-refractivity contribution is -0.116. The highest BCUT2D eigenvalue weighted by molar-refractivity contribution is 5.91. The molecular weight excluding hydrogens is 170 g/mol. The van der Waals surface area contributed by atoms with Gasteiger partial charge in [-0.3, -0.25) is 4.79 Å². The van der Waals surface area contributed by atoms with E-state index in [2.05, 4.69) is 15.3 Å². The van der Waals surface area contributed by atoms with Crippen LogP contribution in [0.1, 0.15) is 5.69 Å². The standard InChI is InChI=1S/C8H11N3O2/c12-4-3-10-8(13)2-1-7-5-9-6-11-7/h1-2,5-6,12H,3-4H2,(H,9,11)(H,10,13). The maximum absolute atomic E-state index is 11.0. The Morgan fingerprint density at radius 2 is 2.62 bits per heavy atom. The molecule has 5 heteroatoms. The zero-order chi connectivity index (χ0) is 9.52. The van der Waals surface area contributed by atoms with Crippen molar-refractivity contribution in [3.8, 4) is 0 Å². The van der Waals surface area contributed by atoms with Crippen LogP contribution in [0, 0.1) is 0 Å². The van der Waals surface area contributed by atoms with E-state index in [0.717, 1.165) is 5.69 Å². The molecule has 1 amide bonds. The molecule has 1 aromatic heterocycles. The van der Waals surface area contributed by atoms with Gasteiger partial charge >= 0.3 is 0 Å². The maximum Gasteiger partial charge on any atom is 0.244 e. The Bertz CT molecular complexity index is 280. The number of hydrogen-bond acceptors (Lipinski definition) is 3. The summed E-state index contributed by atoms with van der Waals surface area (Å²) in [6.45, 7) is 0.218. The minimum absolute atomic E-state index is 0.0519. The predicted molar refractivity (Wildman–Crippen MR) is 47.7 cm³/mol. The summed E-state index contributed by atoms with van der Waals surface area (Å²) >= 11 is 0. The van der Waals surface area contributed by atoms with Gasteiger partial charge in [-0.05, 0) is 6.08 Å². The van der Waals surface area contributed by atoms with Gasteiger partial charge in [-0.2, -0.15) is 0 Å². The number of amides is 1. The molecule has 0 unspecified atom stereocenters. The van der Waals surface area contributed by atoms with Crippen LogP contribution in [-0.4, -0.2) is 34.1 Å². The van der Waals surface area contributed by atoms with Crippen molar-refractivity contribution in [3.63, 3.8) is 0 Å². The van der Waals surface area contributed by atoms with Crippen molar-refractivity contribution >= 4 is 12.0 Å². The number of nitrogens with zero attached hydrogens (tertiary/aromatic N) is 1. The van der Waals surface area contributed by atoms with Gasteiger partial charge in [-0.15, -0.1) is 0 Å². The van der Waals surface area contributed by atoms with Crippen LogP contribution in [0.25, 0.3) is 6.08 Å². The first-order valence-corrected chi connectivity index (χ1v) is 3.88. The zero-order valence-electron chi connectivity index (χ0n) is 7.03. The first kappa shape index (κ1) is 9.47. The molecule has 70 valence electrons. The van der Waals surface area contributed by atoms with Crippen LogP contribution in [0.3, 0.4) is 0 Å². The number of aliphatic hydroxyl groups excluding tert-OH is 1. The fourth-order valence-corrected chi connectivity index (χ4v) is 0.761. The summed E-state index contributed by atoms with van der Waals surface area (Å²) in [5.41, 5.74) is 0.763. The van der Waals surface area contributed by atoms with Gasteiger partial charge in [-0.25, -0.2) is 4.98 Å². The molecule has 0 aliphatic heterocycles. The first-order valence-electron chi connectivity index (χ1n) is 3.88. The molecule has 0 radical (unpaired) electrons. The van der Waals surface area contributed by atoms with E-state index in [4.69, 9.17) is 5.11 Å².